The molecule has 8 heteroatoms. The molecule has 106 valence electrons. The number of nitrogens with zero attached hydrogens (tertiary/aromatic N) is 1. The Balaban J connectivity index is 2.06. The van der Waals surface area contributed by atoms with Crippen LogP contribution in [0.15, 0.2) is 40.7 Å². The highest BCUT2D eigenvalue weighted by atomic mass is 35.5. The summed E-state index contributed by atoms with van der Waals surface area (Å²) >= 11 is 6.75. The Morgan fingerprint density at radius 2 is 2.10 bits per heavy atom. The Kier molecular flexibility index (Phi) is 3.37. The maximum Gasteiger partial charge on any atom is 0.271 e. The molecule has 0 bridgehead atoms. The van der Waals surface area contributed by atoms with Crippen molar-refractivity contribution >= 4 is 49.6 Å². The van der Waals surface area contributed by atoms with E-state index in [9.17, 15) is 8.42 Å². The van der Waals surface area contributed by atoms with Crippen molar-refractivity contribution < 1.29 is 8.42 Å². The van der Waals surface area contributed by atoms with Crippen molar-refractivity contribution in [3.63, 3.8) is 0 Å². The lowest BCUT2D eigenvalue weighted by atomic mass is 10.2. The molecule has 0 saturated heterocycles. The number of nitrogens with one attached hydrogen (secondary N) is 2. The Bertz CT molecular complexity index is 967. The number of rotatable bonds is 3. The van der Waals surface area contributed by atoms with Gasteiger partial charge in [-0.2, -0.15) is 5.26 Å². The van der Waals surface area contributed by atoms with E-state index in [-0.39, 0.29) is 4.21 Å². The molecule has 0 unspecified atom stereocenters. The molecule has 1 aromatic carbocycles. The fourth-order valence-electron chi connectivity index (χ4n) is 1.97. The zero-order valence-electron chi connectivity index (χ0n) is 10.4. The number of benzene rings is 1. The lowest BCUT2D eigenvalue weighted by Crippen LogP contribution is -2.11. The Morgan fingerprint density at radius 1 is 1.29 bits per heavy atom. The molecule has 2 N–H and O–H groups in total. The van der Waals surface area contributed by atoms with Crippen LogP contribution in [-0.4, -0.2) is 13.4 Å². The van der Waals surface area contributed by atoms with Crippen LogP contribution < -0.4 is 4.72 Å². The molecule has 2 heterocycles. The molecule has 0 amide bonds. The summed E-state index contributed by atoms with van der Waals surface area (Å²) in [5, 5.41) is 9.68. The molecule has 0 aliphatic carbocycles. The highest BCUT2D eigenvalue weighted by Gasteiger charge is 2.18. The van der Waals surface area contributed by atoms with Crippen LogP contribution in [0, 0.1) is 11.3 Å². The number of sulfonamides is 1. The lowest BCUT2D eigenvalue weighted by Gasteiger charge is -2.07. The minimum absolute atomic E-state index is 0.136. The molecule has 5 nitrogen and oxygen atoms in total. The molecule has 0 radical (unpaired) electrons. The van der Waals surface area contributed by atoms with Crippen LogP contribution in [0.25, 0.3) is 10.9 Å². The van der Waals surface area contributed by atoms with Crippen molar-refractivity contribution in [2.75, 3.05) is 4.72 Å². The highest BCUT2D eigenvalue weighted by Crippen LogP contribution is 2.30. The molecule has 2 aromatic heterocycles. The third-order valence-corrected chi connectivity index (χ3v) is 5.98. The average Bonchev–Trinajstić information content (AvgIpc) is 3.05. The van der Waals surface area contributed by atoms with Gasteiger partial charge in [0.05, 0.1) is 21.1 Å². The van der Waals surface area contributed by atoms with Crippen molar-refractivity contribution in [2.45, 2.75) is 4.21 Å². The zero-order valence-corrected chi connectivity index (χ0v) is 12.8. The van der Waals surface area contributed by atoms with Gasteiger partial charge in [-0.15, -0.1) is 11.3 Å². The summed E-state index contributed by atoms with van der Waals surface area (Å²) in [5.41, 5.74) is 1.42. The largest absolute Gasteiger partial charge is 0.358 e. The normalized spacial score (nSPS) is 11.4. The third-order valence-electron chi connectivity index (χ3n) is 2.89. The van der Waals surface area contributed by atoms with Crippen LogP contribution in [0.3, 0.4) is 0 Å². The van der Waals surface area contributed by atoms with Crippen molar-refractivity contribution in [1.82, 2.24) is 4.98 Å². The number of hydrogen-bond donors (Lipinski definition) is 2. The summed E-state index contributed by atoms with van der Waals surface area (Å²) in [5.74, 6) is 0. The number of aromatic nitrogens is 1. The predicted molar refractivity (Wildman–Crippen MR) is 83.2 cm³/mol. The van der Waals surface area contributed by atoms with E-state index in [1.54, 1.807) is 24.4 Å². The first kappa shape index (κ1) is 13.9. The van der Waals surface area contributed by atoms with E-state index < -0.39 is 10.0 Å². The van der Waals surface area contributed by atoms with Gasteiger partial charge >= 0.3 is 0 Å². The van der Waals surface area contributed by atoms with Crippen LogP contribution in [0.1, 0.15) is 5.56 Å². The Morgan fingerprint density at radius 3 is 2.76 bits per heavy atom. The van der Waals surface area contributed by atoms with Gasteiger partial charge in [-0.3, -0.25) is 4.72 Å². The monoisotopic (exact) mass is 337 g/mol. The second-order valence-electron chi connectivity index (χ2n) is 4.21. The van der Waals surface area contributed by atoms with E-state index >= 15 is 0 Å². The quantitative estimate of drug-likeness (QED) is 0.766. The zero-order chi connectivity index (χ0) is 15.0. The molecule has 0 spiro atoms. The number of thiophene rings is 1. The van der Waals surface area contributed by atoms with Gasteiger partial charge in [0.1, 0.15) is 10.3 Å². The minimum Gasteiger partial charge on any atom is -0.358 e. The van der Waals surface area contributed by atoms with E-state index in [0.29, 0.717) is 26.5 Å². The maximum atomic E-state index is 12.3. The topological polar surface area (TPSA) is 85.8 Å². The van der Waals surface area contributed by atoms with Gasteiger partial charge in [-0.05, 0) is 18.2 Å². The van der Waals surface area contributed by atoms with Gasteiger partial charge in [0, 0.05) is 11.6 Å². The summed E-state index contributed by atoms with van der Waals surface area (Å²) < 4.78 is 27.6. The number of para-hydroxylation sites is 1. The SMILES string of the molecule is N#Cc1c[nH]c2c(NS(=O)(=O)c3ccc(Cl)s3)cccc12. The number of aromatic amines is 1. The number of halogens is 1. The average molecular weight is 338 g/mol. The summed E-state index contributed by atoms with van der Waals surface area (Å²) in [7, 11) is -3.70. The molecule has 0 saturated carbocycles. The molecule has 0 aliphatic heterocycles. The smallest absolute Gasteiger partial charge is 0.271 e. The van der Waals surface area contributed by atoms with E-state index in [0.717, 1.165) is 11.3 Å². The van der Waals surface area contributed by atoms with Crippen molar-refractivity contribution in [3.8, 4) is 6.07 Å². The first-order chi connectivity index (χ1) is 10.0. The van der Waals surface area contributed by atoms with Crippen LogP contribution in [-0.2, 0) is 10.0 Å². The van der Waals surface area contributed by atoms with Gasteiger partial charge in [0.25, 0.3) is 10.0 Å². The molecule has 0 fully saturated rings. The fraction of sp³-hybridized carbons (Fsp3) is 0. The lowest BCUT2D eigenvalue weighted by molar-refractivity contribution is 0.603. The molecule has 3 aromatic rings. The predicted octanol–water partition coefficient (Wildman–Crippen LogP) is 3.56. The van der Waals surface area contributed by atoms with Gasteiger partial charge in [-0.25, -0.2) is 8.42 Å². The first-order valence-corrected chi connectivity index (χ1v) is 8.47. The summed E-state index contributed by atoms with van der Waals surface area (Å²) in [6.45, 7) is 0. The van der Waals surface area contributed by atoms with Crippen LogP contribution in [0.5, 0.6) is 0 Å². The van der Waals surface area contributed by atoms with Crippen molar-refractivity contribution in [3.05, 3.63) is 46.4 Å². The number of nitriles is 1. The molecule has 0 atom stereocenters. The summed E-state index contributed by atoms with van der Waals surface area (Å²) in [4.78, 5) is 2.91. The Hall–Kier alpha value is -2.01. The first-order valence-electron chi connectivity index (χ1n) is 5.79. The van der Waals surface area contributed by atoms with Crippen LogP contribution >= 0.6 is 22.9 Å². The molecule has 3 rings (SSSR count). The molecule has 0 aliphatic rings. The molecule has 21 heavy (non-hydrogen) atoms. The van der Waals surface area contributed by atoms with Crippen molar-refractivity contribution in [1.29, 1.82) is 5.26 Å². The fourth-order valence-corrected chi connectivity index (χ4v) is 4.52. The molecular formula is C13H8ClN3O2S2. The van der Waals surface area contributed by atoms with E-state index in [1.165, 1.54) is 12.1 Å². The van der Waals surface area contributed by atoms with Crippen molar-refractivity contribution in [2.24, 2.45) is 0 Å². The standard InChI is InChI=1S/C13H8ClN3O2S2/c14-11-4-5-12(20-11)21(18,19)17-10-3-1-2-9-8(6-15)7-16-13(9)10/h1-5,7,16-17H. The van der Waals surface area contributed by atoms with E-state index in [2.05, 4.69) is 15.8 Å². The number of H-pyrrole nitrogens is 1. The van der Waals surface area contributed by atoms with Crippen LogP contribution in [0.4, 0.5) is 5.69 Å². The number of fused-ring (bicyclic) bond motifs is 1. The summed E-state index contributed by atoms with van der Waals surface area (Å²) in [6.07, 6.45) is 1.55. The van der Waals surface area contributed by atoms with E-state index in [1.807, 2.05) is 0 Å². The minimum atomic E-state index is -3.70. The second kappa shape index (κ2) is 5.07. The number of hydrogen-bond acceptors (Lipinski definition) is 4. The van der Waals surface area contributed by atoms with Gasteiger partial charge in [-0.1, -0.05) is 23.7 Å². The Labute approximate surface area is 129 Å². The second-order valence-corrected chi connectivity index (χ2v) is 7.83. The highest BCUT2D eigenvalue weighted by molar-refractivity contribution is 7.94. The molecular weight excluding hydrogens is 330 g/mol. The van der Waals surface area contributed by atoms with Gasteiger partial charge in [0.15, 0.2) is 0 Å². The van der Waals surface area contributed by atoms with Gasteiger partial charge < -0.3 is 4.98 Å². The maximum absolute atomic E-state index is 12.3. The van der Waals surface area contributed by atoms with Gasteiger partial charge in [0.2, 0.25) is 0 Å². The van der Waals surface area contributed by atoms with E-state index in [4.69, 9.17) is 16.9 Å². The third kappa shape index (κ3) is 2.49. The number of anilines is 1. The summed E-state index contributed by atoms with van der Waals surface area (Å²) in [6, 6.07) is 10.1. The van der Waals surface area contributed by atoms with Crippen LogP contribution in [0.2, 0.25) is 4.34 Å².